The fourth-order valence-corrected chi connectivity index (χ4v) is 2.05. The van der Waals surface area contributed by atoms with Crippen LogP contribution in [-0.2, 0) is 19.4 Å². The van der Waals surface area contributed by atoms with E-state index in [-0.39, 0.29) is 0 Å². The number of nitrogens with one attached hydrogen (secondary N) is 2. The Bertz CT molecular complexity index is 420. The van der Waals surface area contributed by atoms with Crippen molar-refractivity contribution in [1.29, 1.82) is 0 Å². The number of aliphatic imine (C=N–C) groups is 1. The van der Waals surface area contributed by atoms with Crippen LogP contribution in [0.15, 0.2) is 9.52 Å². The Morgan fingerprint density at radius 1 is 1.24 bits per heavy atom. The van der Waals surface area contributed by atoms with Gasteiger partial charge in [-0.3, -0.25) is 4.99 Å². The lowest BCUT2D eigenvalue weighted by molar-refractivity contribution is 0.357. The van der Waals surface area contributed by atoms with Gasteiger partial charge in [-0.05, 0) is 20.0 Å². The molecule has 0 fully saturated rings. The van der Waals surface area contributed by atoms with Crippen LogP contribution in [0.2, 0.25) is 0 Å². The van der Waals surface area contributed by atoms with E-state index in [0.29, 0.717) is 6.54 Å². The number of nitrogens with zero attached hydrogens (tertiary/aromatic N) is 3. The lowest BCUT2D eigenvalue weighted by Gasteiger charge is -2.16. The zero-order valence-electron chi connectivity index (χ0n) is 14.0. The van der Waals surface area contributed by atoms with Crippen molar-refractivity contribution >= 4 is 5.96 Å². The van der Waals surface area contributed by atoms with E-state index in [4.69, 9.17) is 4.52 Å². The van der Waals surface area contributed by atoms with Crippen LogP contribution in [0, 0.1) is 0 Å². The molecule has 0 saturated carbocycles. The molecule has 1 aromatic rings. The molecule has 6 heteroatoms. The van der Waals surface area contributed by atoms with Crippen molar-refractivity contribution < 1.29 is 4.52 Å². The zero-order valence-corrected chi connectivity index (χ0v) is 14.0. The Labute approximate surface area is 128 Å². The summed E-state index contributed by atoms with van der Waals surface area (Å²) in [6, 6.07) is 0. The highest BCUT2D eigenvalue weighted by Gasteiger charge is 2.13. The molecule has 1 heterocycles. The predicted molar refractivity (Wildman–Crippen MR) is 86.6 cm³/mol. The monoisotopic (exact) mass is 295 g/mol. The van der Waals surface area contributed by atoms with Crippen LogP contribution in [0.4, 0.5) is 0 Å². The lowest BCUT2D eigenvalue weighted by Crippen LogP contribution is -2.40. The number of aromatic nitrogens is 1. The lowest BCUT2D eigenvalue weighted by atomic mass is 10.1. The van der Waals surface area contributed by atoms with Gasteiger partial charge in [-0.15, -0.1) is 0 Å². The molecule has 120 valence electrons. The fourth-order valence-electron chi connectivity index (χ4n) is 2.05. The molecule has 2 N–H and O–H groups in total. The van der Waals surface area contributed by atoms with Crippen LogP contribution < -0.4 is 10.6 Å². The third kappa shape index (κ3) is 5.38. The third-order valence-electron chi connectivity index (χ3n) is 3.59. The van der Waals surface area contributed by atoms with Crippen molar-refractivity contribution in [3.05, 3.63) is 17.0 Å². The van der Waals surface area contributed by atoms with E-state index in [1.807, 2.05) is 0 Å². The first kappa shape index (κ1) is 17.5. The Morgan fingerprint density at radius 2 is 2.00 bits per heavy atom. The summed E-state index contributed by atoms with van der Waals surface area (Å²) in [7, 11) is 3.89. The summed E-state index contributed by atoms with van der Waals surface area (Å²) in [5.41, 5.74) is 2.19. The van der Waals surface area contributed by atoms with Crippen molar-refractivity contribution in [3.8, 4) is 0 Å². The normalized spacial score (nSPS) is 12.0. The molecule has 0 unspecified atom stereocenters. The smallest absolute Gasteiger partial charge is 0.191 e. The van der Waals surface area contributed by atoms with Crippen molar-refractivity contribution in [3.63, 3.8) is 0 Å². The van der Waals surface area contributed by atoms with Gasteiger partial charge in [-0.2, -0.15) is 0 Å². The van der Waals surface area contributed by atoms with Crippen LogP contribution in [0.25, 0.3) is 0 Å². The highest BCUT2D eigenvalue weighted by Crippen LogP contribution is 2.15. The first-order valence-electron chi connectivity index (χ1n) is 7.75. The summed E-state index contributed by atoms with van der Waals surface area (Å²) < 4.78 is 5.37. The highest BCUT2D eigenvalue weighted by atomic mass is 16.5. The van der Waals surface area contributed by atoms with E-state index in [2.05, 4.69) is 53.5 Å². The van der Waals surface area contributed by atoms with Crippen LogP contribution >= 0.6 is 0 Å². The van der Waals surface area contributed by atoms with Gasteiger partial charge >= 0.3 is 0 Å². The molecule has 0 aliphatic heterocycles. The summed E-state index contributed by atoms with van der Waals surface area (Å²) in [6.07, 6.45) is 1.74. The maximum atomic E-state index is 5.37. The second-order valence-corrected chi connectivity index (χ2v) is 4.99. The molecule has 1 rings (SSSR count). The molecule has 0 bridgehead atoms. The van der Waals surface area contributed by atoms with Gasteiger partial charge in [-0.25, -0.2) is 0 Å². The minimum Gasteiger partial charge on any atom is -0.361 e. The van der Waals surface area contributed by atoms with Crippen LogP contribution in [-0.4, -0.2) is 49.7 Å². The van der Waals surface area contributed by atoms with E-state index in [0.717, 1.165) is 55.5 Å². The second-order valence-electron chi connectivity index (χ2n) is 4.99. The third-order valence-corrected chi connectivity index (χ3v) is 3.59. The number of hydrogen-bond acceptors (Lipinski definition) is 4. The first-order valence-corrected chi connectivity index (χ1v) is 7.75. The molecular weight excluding hydrogens is 266 g/mol. The predicted octanol–water partition coefficient (Wildman–Crippen LogP) is 1.42. The van der Waals surface area contributed by atoms with E-state index in [1.54, 1.807) is 7.05 Å². The van der Waals surface area contributed by atoms with E-state index >= 15 is 0 Å². The van der Waals surface area contributed by atoms with E-state index in [9.17, 15) is 0 Å². The number of aryl methyl sites for hydroxylation is 2. The molecule has 0 aromatic carbocycles. The molecule has 0 atom stereocenters. The van der Waals surface area contributed by atoms with E-state index in [1.165, 1.54) is 0 Å². The van der Waals surface area contributed by atoms with Crippen LogP contribution in [0.1, 0.15) is 37.8 Å². The zero-order chi connectivity index (χ0) is 15.7. The summed E-state index contributed by atoms with van der Waals surface area (Å²) in [5, 5.41) is 10.8. The van der Waals surface area contributed by atoms with Gasteiger partial charge < -0.3 is 20.1 Å². The van der Waals surface area contributed by atoms with Gasteiger partial charge in [0, 0.05) is 38.7 Å². The quantitative estimate of drug-likeness (QED) is 0.561. The molecule has 0 aliphatic carbocycles. The van der Waals surface area contributed by atoms with Crippen molar-refractivity contribution in [2.75, 3.05) is 33.7 Å². The molecular formula is C15H29N5O. The maximum absolute atomic E-state index is 5.37. The topological polar surface area (TPSA) is 65.7 Å². The van der Waals surface area contributed by atoms with Gasteiger partial charge in [0.15, 0.2) is 5.96 Å². The summed E-state index contributed by atoms with van der Waals surface area (Å²) in [6.45, 7) is 9.93. The average molecular weight is 295 g/mol. The molecule has 1 aromatic heterocycles. The number of hydrogen-bond donors (Lipinski definition) is 2. The second kappa shape index (κ2) is 9.39. The van der Waals surface area contributed by atoms with Gasteiger partial charge in [-0.1, -0.05) is 25.9 Å². The molecule has 6 nitrogen and oxygen atoms in total. The number of guanidine groups is 1. The standard InChI is InChI=1S/C15H29N5O/c1-6-13-12(14(7-2)21-19-13)11-18-15(16-4)17-9-10-20(5)8-3/h6-11H2,1-5H3,(H2,16,17,18). The van der Waals surface area contributed by atoms with Crippen molar-refractivity contribution in [2.45, 2.75) is 40.2 Å². The largest absolute Gasteiger partial charge is 0.361 e. The van der Waals surface area contributed by atoms with Gasteiger partial charge in [0.1, 0.15) is 5.76 Å². The van der Waals surface area contributed by atoms with Gasteiger partial charge in [0.2, 0.25) is 0 Å². The van der Waals surface area contributed by atoms with Gasteiger partial charge in [0.25, 0.3) is 0 Å². The molecule has 0 amide bonds. The Morgan fingerprint density at radius 3 is 2.57 bits per heavy atom. The maximum Gasteiger partial charge on any atom is 0.191 e. The van der Waals surface area contributed by atoms with E-state index < -0.39 is 0 Å². The SMILES string of the molecule is CCc1noc(CC)c1CNC(=NC)NCCN(C)CC. The highest BCUT2D eigenvalue weighted by molar-refractivity contribution is 5.79. The molecule has 0 aliphatic rings. The first-order chi connectivity index (χ1) is 10.2. The number of rotatable bonds is 8. The van der Waals surface area contributed by atoms with Crippen molar-refractivity contribution in [1.82, 2.24) is 20.7 Å². The Kier molecular flexibility index (Phi) is 7.82. The fraction of sp³-hybridized carbons (Fsp3) is 0.733. The molecule has 0 saturated heterocycles. The minimum absolute atomic E-state index is 0.694. The molecule has 21 heavy (non-hydrogen) atoms. The molecule has 0 radical (unpaired) electrons. The van der Waals surface area contributed by atoms with Crippen molar-refractivity contribution in [2.24, 2.45) is 4.99 Å². The summed E-state index contributed by atoms with van der Waals surface area (Å²) in [5.74, 6) is 1.77. The minimum atomic E-state index is 0.694. The molecule has 0 spiro atoms. The summed E-state index contributed by atoms with van der Waals surface area (Å²) in [4.78, 5) is 6.50. The van der Waals surface area contributed by atoms with Gasteiger partial charge in [0.05, 0.1) is 5.69 Å². The Balaban J connectivity index is 2.50. The summed E-state index contributed by atoms with van der Waals surface area (Å²) >= 11 is 0. The van der Waals surface area contributed by atoms with Crippen LogP contribution in [0.5, 0.6) is 0 Å². The Hall–Kier alpha value is -1.56. The van der Waals surface area contributed by atoms with Crippen LogP contribution in [0.3, 0.4) is 0 Å². The average Bonchev–Trinajstić information content (AvgIpc) is 2.92. The number of likely N-dealkylation sites (N-methyl/N-ethyl adjacent to an activating group) is 1.